The average Bonchev–Trinajstić information content (AvgIpc) is 3.11. The number of esters is 2. The van der Waals surface area contributed by atoms with Crippen molar-refractivity contribution in [1.29, 1.82) is 0 Å². The molecule has 3 N–H and O–H groups in total. The van der Waals surface area contributed by atoms with Crippen LogP contribution in [0.4, 0.5) is 0 Å². The van der Waals surface area contributed by atoms with Gasteiger partial charge in [-0.05, 0) is 77.0 Å². The Morgan fingerprint density at radius 3 is 1.63 bits per heavy atom. The van der Waals surface area contributed by atoms with Crippen LogP contribution in [0.1, 0.15) is 155 Å². The number of phosphoric ester groups is 1. The van der Waals surface area contributed by atoms with Gasteiger partial charge in [-0.3, -0.25) is 18.6 Å². The maximum Gasteiger partial charge on any atom is 0.472 e. The van der Waals surface area contributed by atoms with Crippen molar-refractivity contribution in [3.05, 3.63) is 60.8 Å². The fraction of sp³-hybridized carbons (Fsp3) is 0.707. The van der Waals surface area contributed by atoms with Gasteiger partial charge in [-0.15, -0.1) is 0 Å². The Morgan fingerprint density at radius 2 is 1.08 bits per heavy atom. The average molecular weight is 738 g/mol. The summed E-state index contributed by atoms with van der Waals surface area (Å²) in [7, 11) is -4.39. The highest BCUT2D eigenvalue weighted by atomic mass is 31.2. The summed E-state index contributed by atoms with van der Waals surface area (Å²) in [5.74, 6) is -0.908. The highest BCUT2D eigenvalue weighted by Crippen LogP contribution is 2.43. The molecule has 0 heterocycles. The summed E-state index contributed by atoms with van der Waals surface area (Å²) >= 11 is 0. The lowest BCUT2D eigenvalue weighted by atomic mass is 10.1. The van der Waals surface area contributed by atoms with Crippen molar-refractivity contribution in [3.8, 4) is 0 Å². The van der Waals surface area contributed by atoms with Crippen molar-refractivity contribution >= 4 is 19.8 Å². The number of carbonyl (C=O) groups is 2. The van der Waals surface area contributed by atoms with E-state index in [0.717, 1.165) is 57.8 Å². The third kappa shape index (κ3) is 37.3. The molecule has 51 heavy (non-hydrogen) atoms. The van der Waals surface area contributed by atoms with Crippen LogP contribution in [-0.2, 0) is 32.7 Å². The van der Waals surface area contributed by atoms with Crippen LogP contribution >= 0.6 is 7.82 Å². The number of unbranched alkanes of at least 4 members (excludes halogenated alkanes) is 13. The van der Waals surface area contributed by atoms with Gasteiger partial charge in [-0.1, -0.05) is 126 Å². The van der Waals surface area contributed by atoms with E-state index in [4.69, 9.17) is 24.3 Å². The van der Waals surface area contributed by atoms with E-state index < -0.39 is 32.5 Å². The maximum absolute atomic E-state index is 12.5. The predicted octanol–water partition coefficient (Wildman–Crippen LogP) is 10.9. The standard InChI is InChI=1S/C41H72NO8P/c1-3-5-7-9-11-13-15-17-19-21-23-25-27-29-31-33-40(43)47-37-39(38-49-51(45,46)48-36-35-42)50-41(44)34-32-30-28-26-24-22-20-18-16-14-12-10-8-6-4-2/h6,8,12,14,18,20,23-26,39H,3-5,7,9-11,13,15-17,19,21-22,27-38,42H2,1-2H3,(H,45,46)/b8-6+,14-12+,20-18+,25-23+,26-24+/t39-/m1/s1. The zero-order valence-electron chi connectivity index (χ0n) is 32.1. The largest absolute Gasteiger partial charge is 0.472 e. The number of hydrogen-bond donors (Lipinski definition) is 2. The Labute approximate surface area is 310 Å². The minimum atomic E-state index is -4.39. The van der Waals surface area contributed by atoms with E-state index in [-0.39, 0.29) is 32.6 Å². The second-order valence-electron chi connectivity index (χ2n) is 12.8. The summed E-state index contributed by atoms with van der Waals surface area (Å²) in [5.41, 5.74) is 5.33. The van der Waals surface area contributed by atoms with Gasteiger partial charge >= 0.3 is 19.8 Å². The highest BCUT2D eigenvalue weighted by Gasteiger charge is 2.25. The third-order valence-electron chi connectivity index (χ3n) is 7.89. The molecule has 0 radical (unpaired) electrons. The van der Waals surface area contributed by atoms with Gasteiger partial charge < -0.3 is 20.1 Å². The molecule has 0 aromatic heterocycles. The molecule has 0 aromatic rings. The minimum Gasteiger partial charge on any atom is -0.462 e. The van der Waals surface area contributed by atoms with Crippen molar-refractivity contribution in [2.45, 2.75) is 161 Å². The summed E-state index contributed by atoms with van der Waals surface area (Å²) < 4.78 is 32.6. The number of rotatable bonds is 36. The molecule has 0 saturated heterocycles. The minimum absolute atomic E-state index is 0.0416. The number of allylic oxidation sites excluding steroid dienone is 10. The summed E-state index contributed by atoms with van der Waals surface area (Å²) in [6.07, 6.45) is 42.6. The molecule has 0 fully saturated rings. The summed E-state index contributed by atoms with van der Waals surface area (Å²) in [6.45, 7) is 3.52. The Hall–Kier alpha value is -2.29. The van der Waals surface area contributed by atoms with Gasteiger partial charge in [0, 0.05) is 19.4 Å². The summed E-state index contributed by atoms with van der Waals surface area (Å²) in [6, 6.07) is 0. The lowest BCUT2D eigenvalue weighted by Crippen LogP contribution is -2.29. The van der Waals surface area contributed by atoms with Gasteiger partial charge in [-0.25, -0.2) is 4.57 Å². The first kappa shape index (κ1) is 48.7. The second kappa shape index (κ2) is 37.5. The van der Waals surface area contributed by atoms with Gasteiger partial charge in [0.15, 0.2) is 6.10 Å². The molecule has 0 aliphatic heterocycles. The molecule has 1 unspecified atom stereocenters. The van der Waals surface area contributed by atoms with E-state index in [1.54, 1.807) is 0 Å². The van der Waals surface area contributed by atoms with Crippen LogP contribution in [0.25, 0.3) is 0 Å². The zero-order valence-corrected chi connectivity index (χ0v) is 33.0. The number of ether oxygens (including phenoxy) is 2. The Morgan fingerprint density at radius 1 is 0.608 bits per heavy atom. The molecular formula is C41H72NO8P. The lowest BCUT2D eigenvalue weighted by Gasteiger charge is -2.19. The first-order valence-corrected chi connectivity index (χ1v) is 21.3. The molecule has 0 rings (SSSR count). The van der Waals surface area contributed by atoms with Crippen LogP contribution in [-0.4, -0.2) is 49.3 Å². The maximum atomic E-state index is 12.5. The Kier molecular flexibility index (Phi) is 35.8. The van der Waals surface area contributed by atoms with E-state index in [1.165, 1.54) is 57.8 Å². The molecule has 0 spiro atoms. The van der Waals surface area contributed by atoms with E-state index in [2.05, 4.69) is 74.6 Å². The highest BCUT2D eigenvalue weighted by molar-refractivity contribution is 7.47. The van der Waals surface area contributed by atoms with Gasteiger partial charge in [0.25, 0.3) is 0 Å². The van der Waals surface area contributed by atoms with Gasteiger partial charge in [0.1, 0.15) is 6.61 Å². The number of hydrogen-bond acceptors (Lipinski definition) is 8. The first-order valence-electron chi connectivity index (χ1n) is 19.8. The molecule has 9 nitrogen and oxygen atoms in total. The molecule has 0 aliphatic carbocycles. The van der Waals surface area contributed by atoms with E-state index in [1.807, 2.05) is 0 Å². The fourth-order valence-electron chi connectivity index (χ4n) is 4.97. The molecule has 294 valence electrons. The summed E-state index contributed by atoms with van der Waals surface area (Å²) in [5, 5.41) is 0. The van der Waals surface area contributed by atoms with Gasteiger partial charge in [0.05, 0.1) is 13.2 Å². The Balaban J connectivity index is 4.32. The van der Waals surface area contributed by atoms with Crippen molar-refractivity contribution in [2.24, 2.45) is 5.73 Å². The molecular weight excluding hydrogens is 665 g/mol. The smallest absolute Gasteiger partial charge is 0.462 e. The molecule has 10 heteroatoms. The molecule has 2 atom stereocenters. The van der Waals surface area contributed by atoms with Crippen LogP contribution in [0.2, 0.25) is 0 Å². The zero-order chi connectivity index (χ0) is 37.5. The van der Waals surface area contributed by atoms with Crippen LogP contribution in [0, 0.1) is 0 Å². The number of carbonyl (C=O) groups excluding carboxylic acids is 2. The van der Waals surface area contributed by atoms with Crippen LogP contribution in [0.5, 0.6) is 0 Å². The van der Waals surface area contributed by atoms with Crippen molar-refractivity contribution in [3.63, 3.8) is 0 Å². The van der Waals surface area contributed by atoms with Crippen molar-refractivity contribution in [1.82, 2.24) is 0 Å². The number of nitrogens with two attached hydrogens (primary N) is 1. The topological polar surface area (TPSA) is 134 Å². The SMILES string of the molecule is CC/C=C/C/C=C/C/C=C/C/C=C/CCCCC(=O)O[C@H](COC(=O)CCCC/C=C/CCCCCCCCCCC)COP(=O)(O)OCCN. The molecule has 0 aromatic carbocycles. The Bertz CT molecular complexity index is 1020. The molecule has 0 bridgehead atoms. The predicted molar refractivity (Wildman–Crippen MR) is 210 cm³/mol. The lowest BCUT2D eigenvalue weighted by molar-refractivity contribution is -0.161. The fourth-order valence-corrected chi connectivity index (χ4v) is 5.74. The molecule has 0 aliphatic rings. The number of phosphoric acid groups is 1. The molecule has 0 saturated carbocycles. The molecule has 0 amide bonds. The monoisotopic (exact) mass is 737 g/mol. The van der Waals surface area contributed by atoms with Crippen LogP contribution in [0.3, 0.4) is 0 Å². The van der Waals surface area contributed by atoms with Crippen molar-refractivity contribution < 1.29 is 37.6 Å². The third-order valence-corrected chi connectivity index (χ3v) is 8.87. The van der Waals surface area contributed by atoms with E-state index >= 15 is 0 Å². The van der Waals surface area contributed by atoms with Crippen LogP contribution < -0.4 is 5.73 Å². The quantitative estimate of drug-likeness (QED) is 0.0279. The van der Waals surface area contributed by atoms with Crippen molar-refractivity contribution in [2.75, 3.05) is 26.4 Å². The normalized spacial score (nSPS) is 14.0. The summed E-state index contributed by atoms with van der Waals surface area (Å²) in [4.78, 5) is 34.7. The van der Waals surface area contributed by atoms with Gasteiger partial charge in [0.2, 0.25) is 0 Å². The van der Waals surface area contributed by atoms with E-state index in [9.17, 15) is 19.0 Å². The first-order chi connectivity index (χ1) is 24.8. The van der Waals surface area contributed by atoms with Gasteiger partial charge in [-0.2, -0.15) is 0 Å². The second-order valence-corrected chi connectivity index (χ2v) is 14.2. The van der Waals surface area contributed by atoms with Crippen LogP contribution in [0.15, 0.2) is 60.8 Å². The van der Waals surface area contributed by atoms with E-state index in [0.29, 0.717) is 12.8 Å².